The van der Waals surface area contributed by atoms with Crippen LogP contribution in [0, 0.1) is 0 Å². The van der Waals surface area contributed by atoms with Crippen LogP contribution in [0.3, 0.4) is 0 Å². The summed E-state index contributed by atoms with van der Waals surface area (Å²) in [4.78, 5) is 8.60. The second kappa shape index (κ2) is 5.54. The van der Waals surface area contributed by atoms with Crippen molar-refractivity contribution in [3.05, 3.63) is 17.6 Å². The summed E-state index contributed by atoms with van der Waals surface area (Å²) in [5.41, 5.74) is 6.44. The molecule has 0 bridgehead atoms. The number of rotatable bonds is 5. The van der Waals surface area contributed by atoms with Crippen molar-refractivity contribution in [1.82, 2.24) is 9.97 Å². The van der Waals surface area contributed by atoms with Crippen molar-refractivity contribution in [3.63, 3.8) is 0 Å². The van der Waals surface area contributed by atoms with Gasteiger partial charge in [0.25, 0.3) is 0 Å². The molecular weight excluding hydrogens is 178 g/mol. The molecule has 0 saturated heterocycles. The zero-order chi connectivity index (χ0) is 10.4. The van der Waals surface area contributed by atoms with E-state index in [-0.39, 0.29) is 0 Å². The smallest absolute Gasteiger partial charge is 0.216 e. The molecule has 14 heavy (non-hydrogen) atoms. The average Bonchev–Trinajstić information content (AvgIpc) is 2.18. The summed E-state index contributed by atoms with van der Waals surface area (Å²) >= 11 is 0. The van der Waals surface area contributed by atoms with Crippen molar-refractivity contribution >= 4 is 0 Å². The maximum absolute atomic E-state index is 5.47. The number of nitrogens with two attached hydrogens (primary N) is 1. The van der Waals surface area contributed by atoms with E-state index in [9.17, 15) is 0 Å². The molecule has 1 aromatic rings. The lowest BCUT2D eigenvalue weighted by molar-refractivity contribution is 0.324. The molecule has 0 aliphatic carbocycles. The SMILES string of the molecule is CCOc1cc(CCN)nc(CC)n1. The van der Waals surface area contributed by atoms with Crippen LogP contribution < -0.4 is 10.5 Å². The first-order valence-corrected chi connectivity index (χ1v) is 4.99. The van der Waals surface area contributed by atoms with Gasteiger partial charge in [-0.05, 0) is 13.5 Å². The molecule has 1 rings (SSSR count). The molecule has 0 unspecified atom stereocenters. The van der Waals surface area contributed by atoms with Crippen molar-refractivity contribution in [2.45, 2.75) is 26.7 Å². The van der Waals surface area contributed by atoms with Gasteiger partial charge in [0.05, 0.1) is 6.61 Å². The van der Waals surface area contributed by atoms with E-state index in [4.69, 9.17) is 10.5 Å². The third-order valence-electron chi connectivity index (χ3n) is 1.81. The van der Waals surface area contributed by atoms with Gasteiger partial charge in [-0.25, -0.2) is 4.98 Å². The number of nitrogens with zero attached hydrogens (tertiary/aromatic N) is 2. The summed E-state index contributed by atoms with van der Waals surface area (Å²) in [7, 11) is 0. The Morgan fingerprint density at radius 1 is 1.36 bits per heavy atom. The van der Waals surface area contributed by atoms with Gasteiger partial charge in [-0.1, -0.05) is 6.92 Å². The van der Waals surface area contributed by atoms with Gasteiger partial charge in [0, 0.05) is 24.6 Å². The first kappa shape index (κ1) is 10.9. The van der Waals surface area contributed by atoms with Crippen LogP contribution in [0.15, 0.2) is 6.07 Å². The zero-order valence-electron chi connectivity index (χ0n) is 8.79. The molecule has 0 aromatic carbocycles. The van der Waals surface area contributed by atoms with Crippen LogP contribution in [0.2, 0.25) is 0 Å². The van der Waals surface area contributed by atoms with Crippen LogP contribution in [0.1, 0.15) is 25.4 Å². The normalized spacial score (nSPS) is 10.2. The van der Waals surface area contributed by atoms with Crippen LogP contribution in [0.5, 0.6) is 5.88 Å². The molecule has 0 saturated carbocycles. The molecule has 1 heterocycles. The van der Waals surface area contributed by atoms with Gasteiger partial charge in [-0.15, -0.1) is 0 Å². The summed E-state index contributed by atoms with van der Waals surface area (Å²) in [5.74, 6) is 1.47. The topological polar surface area (TPSA) is 61.0 Å². The van der Waals surface area contributed by atoms with E-state index in [0.717, 1.165) is 24.4 Å². The Morgan fingerprint density at radius 2 is 2.14 bits per heavy atom. The molecule has 0 atom stereocenters. The molecule has 0 aliphatic rings. The minimum atomic E-state index is 0.603. The fourth-order valence-electron chi connectivity index (χ4n) is 1.18. The van der Waals surface area contributed by atoms with E-state index < -0.39 is 0 Å². The van der Waals surface area contributed by atoms with Crippen molar-refractivity contribution in [2.24, 2.45) is 5.73 Å². The third-order valence-corrected chi connectivity index (χ3v) is 1.81. The second-order valence-corrected chi connectivity index (χ2v) is 2.94. The van der Waals surface area contributed by atoms with Gasteiger partial charge in [0.15, 0.2) is 0 Å². The summed E-state index contributed by atoms with van der Waals surface area (Å²) < 4.78 is 5.34. The Hall–Kier alpha value is -1.16. The lowest BCUT2D eigenvalue weighted by Gasteiger charge is -2.06. The molecule has 4 nitrogen and oxygen atoms in total. The molecular formula is C10H17N3O. The van der Waals surface area contributed by atoms with E-state index in [1.807, 2.05) is 19.9 Å². The van der Waals surface area contributed by atoms with Crippen molar-refractivity contribution in [1.29, 1.82) is 0 Å². The minimum Gasteiger partial charge on any atom is -0.478 e. The Morgan fingerprint density at radius 3 is 2.71 bits per heavy atom. The number of hydrogen-bond donors (Lipinski definition) is 1. The summed E-state index contributed by atoms with van der Waals surface area (Å²) in [5, 5.41) is 0. The summed E-state index contributed by atoms with van der Waals surface area (Å²) in [6.45, 7) is 5.20. The third kappa shape index (κ3) is 2.96. The predicted molar refractivity (Wildman–Crippen MR) is 55.3 cm³/mol. The molecule has 78 valence electrons. The van der Waals surface area contributed by atoms with Crippen LogP contribution in [-0.2, 0) is 12.8 Å². The van der Waals surface area contributed by atoms with E-state index in [1.165, 1.54) is 0 Å². The quantitative estimate of drug-likeness (QED) is 0.759. The van der Waals surface area contributed by atoms with E-state index >= 15 is 0 Å². The Bertz CT molecular complexity index is 264. The van der Waals surface area contributed by atoms with Crippen LogP contribution >= 0.6 is 0 Å². The minimum absolute atomic E-state index is 0.603. The fourth-order valence-corrected chi connectivity index (χ4v) is 1.18. The zero-order valence-corrected chi connectivity index (χ0v) is 8.79. The standard InChI is InChI=1S/C10H17N3O/c1-3-9-12-8(5-6-11)7-10(13-9)14-4-2/h7H,3-6,11H2,1-2H3. The highest BCUT2D eigenvalue weighted by Gasteiger charge is 2.03. The van der Waals surface area contributed by atoms with Gasteiger partial charge in [-0.3, -0.25) is 0 Å². The average molecular weight is 195 g/mol. The Labute approximate surface area is 84.5 Å². The molecule has 2 N–H and O–H groups in total. The van der Waals surface area contributed by atoms with Crippen LogP contribution in [-0.4, -0.2) is 23.1 Å². The van der Waals surface area contributed by atoms with Gasteiger partial charge >= 0.3 is 0 Å². The van der Waals surface area contributed by atoms with Gasteiger partial charge in [-0.2, -0.15) is 4.98 Å². The van der Waals surface area contributed by atoms with E-state index in [0.29, 0.717) is 19.0 Å². The first-order valence-electron chi connectivity index (χ1n) is 4.99. The van der Waals surface area contributed by atoms with Crippen LogP contribution in [0.25, 0.3) is 0 Å². The maximum Gasteiger partial charge on any atom is 0.216 e. The number of aryl methyl sites for hydroxylation is 1. The van der Waals surface area contributed by atoms with Crippen LogP contribution in [0.4, 0.5) is 0 Å². The van der Waals surface area contributed by atoms with E-state index in [1.54, 1.807) is 0 Å². The van der Waals surface area contributed by atoms with Gasteiger partial charge in [0.2, 0.25) is 5.88 Å². The molecule has 0 radical (unpaired) electrons. The van der Waals surface area contributed by atoms with Gasteiger partial charge < -0.3 is 10.5 Å². The van der Waals surface area contributed by atoms with Crippen molar-refractivity contribution < 1.29 is 4.74 Å². The highest BCUT2D eigenvalue weighted by Crippen LogP contribution is 2.10. The molecule has 4 heteroatoms. The highest BCUT2D eigenvalue weighted by atomic mass is 16.5. The Balaban J connectivity index is 2.88. The Kier molecular flexibility index (Phi) is 4.32. The maximum atomic E-state index is 5.47. The fraction of sp³-hybridized carbons (Fsp3) is 0.600. The molecule has 0 aliphatic heterocycles. The molecule has 0 fully saturated rings. The number of aromatic nitrogens is 2. The predicted octanol–water partition coefficient (Wildman–Crippen LogP) is 0.939. The van der Waals surface area contributed by atoms with Crippen molar-refractivity contribution in [3.8, 4) is 5.88 Å². The second-order valence-electron chi connectivity index (χ2n) is 2.94. The number of hydrogen-bond acceptors (Lipinski definition) is 4. The highest BCUT2D eigenvalue weighted by molar-refractivity contribution is 5.16. The number of ether oxygens (including phenoxy) is 1. The largest absolute Gasteiger partial charge is 0.478 e. The summed E-state index contributed by atoms with van der Waals surface area (Å²) in [6, 6.07) is 1.86. The van der Waals surface area contributed by atoms with Gasteiger partial charge in [0.1, 0.15) is 5.82 Å². The monoisotopic (exact) mass is 195 g/mol. The lowest BCUT2D eigenvalue weighted by atomic mass is 10.3. The van der Waals surface area contributed by atoms with E-state index in [2.05, 4.69) is 9.97 Å². The molecule has 1 aromatic heterocycles. The first-order chi connectivity index (χ1) is 6.80. The van der Waals surface area contributed by atoms with Crippen molar-refractivity contribution in [2.75, 3.05) is 13.2 Å². The summed E-state index contributed by atoms with van der Waals surface area (Å²) in [6.07, 6.45) is 1.59. The molecule has 0 spiro atoms. The lowest BCUT2D eigenvalue weighted by Crippen LogP contribution is -2.08. The molecule has 0 amide bonds.